The summed E-state index contributed by atoms with van der Waals surface area (Å²) in [6, 6.07) is 29.7. The van der Waals surface area contributed by atoms with Crippen molar-refractivity contribution in [3.8, 4) is 11.5 Å². The molecule has 3 nitrogen and oxygen atoms in total. The predicted molar refractivity (Wildman–Crippen MR) is 180 cm³/mol. The Morgan fingerprint density at radius 2 is 0.976 bits per heavy atom. The van der Waals surface area contributed by atoms with Crippen LogP contribution in [-0.4, -0.2) is 15.3 Å². The smallest absolute Gasteiger partial charge is 0.118 e. The van der Waals surface area contributed by atoms with E-state index in [4.69, 9.17) is 5.11 Å². The molecule has 0 fully saturated rings. The van der Waals surface area contributed by atoms with Crippen molar-refractivity contribution in [3.63, 3.8) is 0 Å². The molecule has 0 atom stereocenters. The number of rotatable bonds is 7. The molecule has 3 N–H and O–H groups in total. The van der Waals surface area contributed by atoms with Crippen LogP contribution in [0.2, 0.25) is 0 Å². The lowest BCUT2D eigenvalue weighted by atomic mass is 9.70. The summed E-state index contributed by atoms with van der Waals surface area (Å²) in [4.78, 5) is 0. The molecular formula is C36H44Br2O3. The molecule has 0 aromatic heterocycles. The lowest BCUT2D eigenvalue weighted by Crippen LogP contribution is -2.26. The van der Waals surface area contributed by atoms with Crippen molar-refractivity contribution in [2.24, 2.45) is 0 Å². The fourth-order valence-corrected chi connectivity index (χ4v) is 5.47. The fourth-order valence-electron chi connectivity index (χ4n) is 4.94. The van der Waals surface area contributed by atoms with E-state index in [1.807, 2.05) is 76.2 Å². The molecule has 4 aromatic rings. The molecular weight excluding hydrogens is 640 g/mol. The van der Waals surface area contributed by atoms with Gasteiger partial charge >= 0.3 is 0 Å². The van der Waals surface area contributed by atoms with Gasteiger partial charge in [0.2, 0.25) is 0 Å². The average molecular weight is 685 g/mol. The SMILES string of the molecule is CCC(CC)(c1ccc(Br)cc1)c1ccc(O)c(C)c1.CCC(O)(CC)c1ccc(Br)cc1.Cc1ccccc1O. The molecule has 0 radical (unpaired) electrons. The Hall–Kier alpha value is -2.60. The van der Waals surface area contributed by atoms with Crippen molar-refractivity contribution >= 4 is 31.9 Å². The third-order valence-corrected chi connectivity index (χ3v) is 9.08. The van der Waals surface area contributed by atoms with E-state index in [1.54, 1.807) is 6.07 Å². The van der Waals surface area contributed by atoms with Gasteiger partial charge in [-0.2, -0.15) is 0 Å². The van der Waals surface area contributed by atoms with Gasteiger partial charge in [0.15, 0.2) is 0 Å². The Morgan fingerprint density at radius 3 is 1.37 bits per heavy atom. The standard InChI is InChI=1S/C18H21BrO.C11H15BrO.C7H8O/c1-4-18(5-2,14-6-9-16(19)10-7-14)15-8-11-17(20)13(3)12-15;1-3-11(13,4-2)9-5-7-10(12)8-6-9;1-6-4-2-3-5-7(6)8/h6-12,20H,4-5H2,1-3H3;5-8,13H,3-4H2,1-2H3;2-5,8H,1H3. The first kappa shape index (κ1) is 34.6. The maximum absolute atomic E-state index is 10.2. The summed E-state index contributed by atoms with van der Waals surface area (Å²) >= 11 is 6.87. The third-order valence-electron chi connectivity index (χ3n) is 8.02. The van der Waals surface area contributed by atoms with Gasteiger partial charge in [-0.1, -0.05) is 114 Å². The number of hydrogen-bond acceptors (Lipinski definition) is 3. The average Bonchev–Trinajstić information content (AvgIpc) is 2.99. The molecule has 220 valence electrons. The van der Waals surface area contributed by atoms with Crippen LogP contribution in [0.3, 0.4) is 0 Å². The third kappa shape index (κ3) is 9.19. The number of aromatic hydroxyl groups is 2. The maximum Gasteiger partial charge on any atom is 0.118 e. The largest absolute Gasteiger partial charge is 0.508 e. The van der Waals surface area contributed by atoms with Crippen molar-refractivity contribution in [1.29, 1.82) is 0 Å². The van der Waals surface area contributed by atoms with Crippen molar-refractivity contribution < 1.29 is 15.3 Å². The molecule has 0 saturated carbocycles. The van der Waals surface area contributed by atoms with Crippen LogP contribution in [0.5, 0.6) is 11.5 Å². The molecule has 4 aromatic carbocycles. The van der Waals surface area contributed by atoms with Crippen molar-refractivity contribution in [2.75, 3.05) is 0 Å². The lowest BCUT2D eigenvalue weighted by molar-refractivity contribution is 0.0284. The zero-order valence-corrected chi connectivity index (χ0v) is 28.3. The van der Waals surface area contributed by atoms with Crippen LogP contribution in [0, 0.1) is 13.8 Å². The van der Waals surface area contributed by atoms with E-state index in [0.29, 0.717) is 11.5 Å². The number of phenols is 2. The molecule has 4 rings (SSSR count). The molecule has 0 unspecified atom stereocenters. The number of para-hydroxylation sites is 1. The minimum atomic E-state index is -0.652. The number of hydrogen-bond donors (Lipinski definition) is 3. The van der Waals surface area contributed by atoms with Crippen LogP contribution < -0.4 is 0 Å². The second-order valence-corrected chi connectivity index (χ2v) is 12.2. The number of aryl methyl sites for hydroxylation is 2. The second-order valence-electron chi connectivity index (χ2n) is 10.3. The first-order valence-corrected chi connectivity index (χ1v) is 15.8. The molecule has 0 bridgehead atoms. The number of phenolic OH excluding ortho intramolecular Hbond substituents is 2. The Labute approximate surface area is 263 Å². The van der Waals surface area contributed by atoms with Gasteiger partial charge in [-0.05, 0) is 104 Å². The van der Waals surface area contributed by atoms with Crippen LogP contribution in [0.1, 0.15) is 81.2 Å². The lowest BCUT2D eigenvalue weighted by Gasteiger charge is -2.33. The van der Waals surface area contributed by atoms with Crippen LogP contribution in [0.15, 0.2) is 99.9 Å². The summed E-state index contributed by atoms with van der Waals surface area (Å²) in [6.45, 7) is 12.3. The van der Waals surface area contributed by atoms with Crippen molar-refractivity contribution in [1.82, 2.24) is 0 Å². The van der Waals surface area contributed by atoms with E-state index in [1.165, 1.54) is 11.1 Å². The van der Waals surface area contributed by atoms with E-state index in [9.17, 15) is 10.2 Å². The topological polar surface area (TPSA) is 60.7 Å². The summed E-state index contributed by atoms with van der Waals surface area (Å²) in [5.41, 5.74) is 4.83. The highest BCUT2D eigenvalue weighted by atomic mass is 79.9. The van der Waals surface area contributed by atoms with Gasteiger partial charge in [0.1, 0.15) is 11.5 Å². The highest BCUT2D eigenvalue weighted by Gasteiger charge is 2.31. The molecule has 0 heterocycles. The molecule has 0 amide bonds. The minimum absolute atomic E-state index is 0.0131. The summed E-state index contributed by atoms with van der Waals surface area (Å²) in [5.74, 6) is 0.734. The van der Waals surface area contributed by atoms with Gasteiger partial charge < -0.3 is 15.3 Å². The first-order valence-electron chi connectivity index (χ1n) is 14.2. The van der Waals surface area contributed by atoms with Crippen LogP contribution >= 0.6 is 31.9 Å². The Balaban J connectivity index is 0.000000239. The fraction of sp³-hybridized carbons (Fsp3) is 0.333. The van der Waals surface area contributed by atoms with Crippen molar-refractivity contribution in [3.05, 3.63) is 128 Å². The molecule has 0 spiro atoms. The van der Waals surface area contributed by atoms with Crippen LogP contribution in [0.25, 0.3) is 0 Å². The highest BCUT2D eigenvalue weighted by molar-refractivity contribution is 9.10. The predicted octanol–water partition coefficient (Wildman–Crippen LogP) is 10.7. The molecule has 0 aliphatic rings. The van der Waals surface area contributed by atoms with Crippen LogP contribution in [-0.2, 0) is 11.0 Å². The van der Waals surface area contributed by atoms with E-state index in [2.05, 4.69) is 82.1 Å². The Morgan fingerprint density at radius 1 is 0.537 bits per heavy atom. The van der Waals surface area contributed by atoms with Gasteiger partial charge in [0, 0.05) is 14.4 Å². The van der Waals surface area contributed by atoms with Crippen molar-refractivity contribution in [2.45, 2.75) is 78.2 Å². The Bertz CT molecular complexity index is 1320. The summed E-state index contributed by atoms with van der Waals surface area (Å²) in [5, 5.41) is 28.9. The molecule has 41 heavy (non-hydrogen) atoms. The number of halogens is 2. The first-order chi connectivity index (χ1) is 19.5. The summed E-state index contributed by atoms with van der Waals surface area (Å²) in [7, 11) is 0. The zero-order chi connectivity index (χ0) is 30.6. The molecule has 0 aliphatic heterocycles. The quantitative estimate of drug-likeness (QED) is 0.182. The van der Waals surface area contributed by atoms with Gasteiger partial charge in [-0.25, -0.2) is 0 Å². The normalized spacial score (nSPS) is 11.1. The highest BCUT2D eigenvalue weighted by Crippen LogP contribution is 2.40. The monoisotopic (exact) mass is 682 g/mol. The zero-order valence-electron chi connectivity index (χ0n) is 25.1. The molecule has 0 saturated heterocycles. The van der Waals surface area contributed by atoms with E-state index in [0.717, 1.165) is 51.3 Å². The van der Waals surface area contributed by atoms with Crippen LogP contribution in [0.4, 0.5) is 0 Å². The van der Waals surface area contributed by atoms with Gasteiger partial charge in [-0.15, -0.1) is 0 Å². The minimum Gasteiger partial charge on any atom is -0.508 e. The van der Waals surface area contributed by atoms with E-state index < -0.39 is 5.60 Å². The molecule has 0 aliphatic carbocycles. The second kappa shape index (κ2) is 16.1. The van der Waals surface area contributed by atoms with E-state index >= 15 is 0 Å². The van der Waals surface area contributed by atoms with Gasteiger partial charge in [-0.3, -0.25) is 0 Å². The summed E-state index contributed by atoms with van der Waals surface area (Å²) in [6.07, 6.45) is 3.58. The maximum atomic E-state index is 10.2. The summed E-state index contributed by atoms with van der Waals surface area (Å²) < 4.78 is 2.15. The van der Waals surface area contributed by atoms with Gasteiger partial charge in [0.25, 0.3) is 0 Å². The van der Waals surface area contributed by atoms with E-state index in [-0.39, 0.29) is 5.41 Å². The molecule has 5 heteroatoms. The Kier molecular flexibility index (Phi) is 13.6. The van der Waals surface area contributed by atoms with Gasteiger partial charge in [0.05, 0.1) is 5.60 Å². The number of aliphatic hydroxyl groups is 1. The number of benzene rings is 4.